The van der Waals surface area contributed by atoms with E-state index < -0.39 is 11.9 Å². The predicted molar refractivity (Wildman–Crippen MR) is 107 cm³/mol. The summed E-state index contributed by atoms with van der Waals surface area (Å²) in [6.07, 6.45) is 17.8. The van der Waals surface area contributed by atoms with Gasteiger partial charge in [0.2, 0.25) is 0 Å². The van der Waals surface area contributed by atoms with Crippen molar-refractivity contribution in [3.05, 3.63) is 12.2 Å². The van der Waals surface area contributed by atoms with Crippen LogP contribution in [-0.4, -0.2) is 42.9 Å². The summed E-state index contributed by atoms with van der Waals surface area (Å²) in [5.74, 6) is -0.509. The van der Waals surface area contributed by atoms with Crippen molar-refractivity contribution in [2.75, 3.05) is 19.8 Å². The lowest BCUT2D eigenvalue weighted by molar-refractivity contribution is -0.146. The molecule has 0 bridgehead atoms. The number of aliphatic hydroxyl groups is 1. The first kappa shape index (κ1) is 23.6. The molecule has 1 saturated heterocycles. The van der Waals surface area contributed by atoms with Gasteiger partial charge in [-0.3, -0.25) is 0 Å². The molecule has 1 heterocycles. The molecule has 4 nitrogen and oxygen atoms in total. The summed E-state index contributed by atoms with van der Waals surface area (Å²) < 4.78 is 16.7. The van der Waals surface area contributed by atoms with Crippen LogP contribution in [0.25, 0.3) is 0 Å². The fraction of sp³-hybridized carbons (Fsp3) is 0.909. The van der Waals surface area contributed by atoms with E-state index in [0.29, 0.717) is 26.2 Å². The van der Waals surface area contributed by atoms with Gasteiger partial charge in [0.1, 0.15) is 6.10 Å². The van der Waals surface area contributed by atoms with Crippen LogP contribution in [0.1, 0.15) is 91.4 Å². The van der Waals surface area contributed by atoms with Crippen LogP contribution >= 0.6 is 0 Å². The summed E-state index contributed by atoms with van der Waals surface area (Å²) in [5.41, 5.74) is 0. The van der Waals surface area contributed by atoms with E-state index in [9.17, 15) is 5.11 Å². The molecule has 4 heteroatoms. The molecule has 1 N–H and O–H groups in total. The average Bonchev–Trinajstić information content (AvgIpc) is 2.95. The summed E-state index contributed by atoms with van der Waals surface area (Å²) in [7, 11) is 0. The number of hydrogen-bond donors (Lipinski definition) is 1. The highest BCUT2D eigenvalue weighted by atomic mass is 16.7. The lowest BCUT2D eigenvalue weighted by Gasteiger charge is -2.17. The second-order valence-corrected chi connectivity index (χ2v) is 7.97. The second-order valence-electron chi connectivity index (χ2n) is 7.97. The van der Waals surface area contributed by atoms with E-state index in [4.69, 9.17) is 14.2 Å². The van der Waals surface area contributed by atoms with Gasteiger partial charge in [0.15, 0.2) is 5.79 Å². The monoisotopic (exact) mass is 370 g/mol. The molecule has 0 amide bonds. The molecule has 1 aliphatic rings. The first-order chi connectivity index (χ1) is 12.5. The number of aliphatic hydroxyl groups excluding tert-OH is 1. The maximum atomic E-state index is 9.94. The van der Waals surface area contributed by atoms with E-state index in [0.717, 1.165) is 6.42 Å². The van der Waals surface area contributed by atoms with Gasteiger partial charge in [0.25, 0.3) is 0 Å². The summed E-state index contributed by atoms with van der Waals surface area (Å²) in [4.78, 5) is 0. The lowest BCUT2D eigenvalue weighted by atomic mass is 10.1. The van der Waals surface area contributed by atoms with Gasteiger partial charge >= 0.3 is 0 Å². The summed E-state index contributed by atoms with van der Waals surface area (Å²) in [6, 6.07) is 0. The second kappa shape index (κ2) is 14.6. The van der Waals surface area contributed by atoms with Crippen LogP contribution in [0.2, 0.25) is 0 Å². The van der Waals surface area contributed by atoms with E-state index >= 15 is 0 Å². The predicted octanol–water partition coefficient (Wildman–Crippen LogP) is 5.38. The van der Waals surface area contributed by atoms with Gasteiger partial charge in [0.05, 0.1) is 25.9 Å². The summed E-state index contributed by atoms with van der Waals surface area (Å²) in [6.45, 7) is 7.45. The van der Waals surface area contributed by atoms with Crippen molar-refractivity contribution in [1.29, 1.82) is 0 Å². The van der Waals surface area contributed by atoms with Crippen molar-refractivity contribution in [2.24, 2.45) is 0 Å². The minimum absolute atomic E-state index is 0.0283. The van der Waals surface area contributed by atoms with Gasteiger partial charge in [-0.25, -0.2) is 0 Å². The van der Waals surface area contributed by atoms with Crippen LogP contribution in [-0.2, 0) is 14.2 Å². The molecule has 1 fully saturated rings. The SMILES string of the molecule is CCCCCCCCCCC/C=C/CC(O)COCC1COC(C)(C)O1. The van der Waals surface area contributed by atoms with E-state index in [1.165, 1.54) is 57.8 Å². The molecule has 0 aromatic carbocycles. The summed E-state index contributed by atoms with van der Waals surface area (Å²) in [5, 5.41) is 9.94. The Morgan fingerprint density at radius 2 is 1.69 bits per heavy atom. The Labute approximate surface area is 161 Å². The largest absolute Gasteiger partial charge is 0.390 e. The van der Waals surface area contributed by atoms with Gasteiger partial charge < -0.3 is 19.3 Å². The smallest absolute Gasteiger partial charge is 0.163 e. The molecule has 1 rings (SSSR count). The zero-order valence-corrected chi connectivity index (χ0v) is 17.4. The van der Waals surface area contributed by atoms with E-state index in [1.807, 2.05) is 13.8 Å². The number of allylic oxidation sites excluding steroid dienone is 1. The molecule has 0 saturated carbocycles. The van der Waals surface area contributed by atoms with Crippen LogP contribution in [0.5, 0.6) is 0 Å². The molecule has 0 aromatic heterocycles. The lowest BCUT2D eigenvalue weighted by Crippen LogP contribution is -2.25. The van der Waals surface area contributed by atoms with Gasteiger partial charge in [0, 0.05) is 0 Å². The van der Waals surface area contributed by atoms with Gasteiger partial charge in [-0.15, -0.1) is 0 Å². The maximum Gasteiger partial charge on any atom is 0.163 e. The van der Waals surface area contributed by atoms with Crippen LogP contribution in [0.15, 0.2) is 12.2 Å². The van der Waals surface area contributed by atoms with Crippen molar-refractivity contribution < 1.29 is 19.3 Å². The Balaban J connectivity index is 1.85. The van der Waals surface area contributed by atoms with Gasteiger partial charge in [-0.05, 0) is 33.1 Å². The zero-order chi connectivity index (χ0) is 19.1. The Bertz CT molecular complexity index is 354. The van der Waals surface area contributed by atoms with Crippen molar-refractivity contribution >= 4 is 0 Å². The third-order valence-corrected chi connectivity index (χ3v) is 4.73. The van der Waals surface area contributed by atoms with Crippen LogP contribution in [0.4, 0.5) is 0 Å². The van der Waals surface area contributed by atoms with E-state index in [1.54, 1.807) is 0 Å². The molecule has 2 atom stereocenters. The first-order valence-electron chi connectivity index (χ1n) is 10.8. The molecular weight excluding hydrogens is 328 g/mol. The van der Waals surface area contributed by atoms with Crippen LogP contribution < -0.4 is 0 Å². The molecule has 0 aromatic rings. The molecule has 2 unspecified atom stereocenters. The quantitative estimate of drug-likeness (QED) is 0.293. The molecule has 154 valence electrons. The van der Waals surface area contributed by atoms with Gasteiger partial charge in [-0.2, -0.15) is 0 Å². The minimum atomic E-state index is -0.509. The number of unbranched alkanes of at least 4 members (excludes halogenated alkanes) is 9. The highest BCUT2D eigenvalue weighted by Crippen LogP contribution is 2.22. The average molecular weight is 371 g/mol. The molecular formula is C22H42O4. The van der Waals surface area contributed by atoms with Crippen molar-refractivity contribution in [2.45, 2.75) is 109 Å². The normalized spacial score (nSPS) is 20.8. The van der Waals surface area contributed by atoms with Gasteiger partial charge in [-0.1, -0.05) is 70.4 Å². The Kier molecular flexibility index (Phi) is 13.3. The highest BCUT2D eigenvalue weighted by Gasteiger charge is 2.32. The highest BCUT2D eigenvalue weighted by molar-refractivity contribution is 4.84. The third-order valence-electron chi connectivity index (χ3n) is 4.73. The molecule has 0 radical (unpaired) electrons. The molecule has 1 aliphatic heterocycles. The molecule has 0 aliphatic carbocycles. The number of ether oxygens (including phenoxy) is 3. The molecule has 0 spiro atoms. The number of hydrogen-bond acceptors (Lipinski definition) is 4. The number of rotatable bonds is 16. The summed E-state index contributed by atoms with van der Waals surface area (Å²) >= 11 is 0. The van der Waals surface area contributed by atoms with Crippen molar-refractivity contribution in [1.82, 2.24) is 0 Å². The third kappa shape index (κ3) is 12.9. The standard InChI is InChI=1S/C22H42O4/c1-4-5-6-7-8-9-10-11-12-13-14-15-16-20(23)17-24-18-21-19-25-22(2,3)26-21/h14-15,20-21,23H,4-13,16-19H2,1-3H3/b15-14+. The fourth-order valence-corrected chi connectivity index (χ4v) is 3.19. The van der Waals surface area contributed by atoms with E-state index in [-0.39, 0.29) is 6.10 Å². The fourth-order valence-electron chi connectivity index (χ4n) is 3.19. The maximum absolute atomic E-state index is 9.94. The minimum Gasteiger partial charge on any atom is -0.390 e. The zero-order valence-electron chi connectivity index (χ0n) is 17.4. The Morgan fingerprint density at radius 3 is 2.31 bits per heavy atom. The Morgan fingerprint density at radius 1 is 1.04 bits per heavy atom. The van der Waals surface area contributed by atoms with Crippen LogP contribution in [0, 0.1) is 0 Å². The van der Waals surface area contributed by atoms with Crippen molar-refractivity contribution in [3.63, 3.8) is 0 Å². The Hall–Kier alpha value is -0.420. The van der Waals surface area contributed by atoms with Crippen molar-refractivity contribution in [3.8, 4) is 0 Å². The molecule has 26 heavy (non-hydrogen) atoms. The first-order valence-corrected chi connectivity index (χ1v) is 10.8. The van der Waals surface area contributed by atoms with Crippen LogP contribution in [0.3, 0.4) is 0 Å². The topological polar surface area (TPSA) is 47.9 Å². The van der Waals surface area contributed by atoms with E-state index in [2.05, 4.69) is 19.1 Å².